The van der Waals surface area contributed by atoms with Gasteiger partial charge in [-0.3, -0.25) is 9.38 Å². The number of likely N-dealkylation sites (N-methyl/N-ethyl adjacent to an activating group) is 2. The molecule has 0 aliphatic carbocycles. The van der Waals surface area contributed by atoms with Crippen molar-refractivity contribution in [3.8, 4) is 0 Å². The average Bonchev–Trinajstić information content (AvgIpc) is 2.19. The number of quaternary nitrogens is 1. The van der Waals surface area contributed by atoms with Crippen LogP contribution in [0, 0.1) is 0 Å². The summed E-state index contributed by atoms with van der Waals surface area (Å²) < 4.78 is 0.774. The topological polar surface area (TPSA) is 23.5 Å². The molecule has 0 saturated carbocycles. The minimum atomic E-state index is 0.255. The van der Waals surface area contributed by atoms with Crippen molar-refractivity contribution in [1.82, 2.24) is 4.90 Å². The van der Waals surface area contributed by atoms with Crippen LogP contribution in [0.1, 0.15) is 6.92 Å². The highest BCUT2D eigenvalue weighted by molar-refractivity contribution is 4.61. The smallest absolute Gasteiger partial charge is 0.181 e. The van der Waals surface area contributed by atoms with Gasteiger partial charge in [-0.2, -0.15) is 0 Å². The Morgan fingerprint density at radius 1 is 1.70 bits per heavy atom. The molecule has 1 rings (SSSR count). The van der Waals surface area contributed by atoms with E-state index in [0.29, 0.717) is 6.17 Å². The van der Waals surface area contributed by atoms with Crippen LogP contribution in [0.25, 0.3) is 0 Å². The van der Waals surface area contributed by atoms with E-state index >= 15 is 0 Å². The minimum Gasteiger partial charge on any atom is -0.347 e. The number of aliphatic hydroxyl groups is 1. The standard InChI is InChI=1S/C7H17N2O/c1-7-8(2)4-5-9(7,3)6-10/h7,10H,4-6H2,1-3H3/q+1. The molecule has 1 aliphatic rings. The third-order valence-corrected chi connectivity index (χ3v) is 2.83. The molecule has 1 fully saturated rings. The maximum Gasteiger partial charge on any atom is 0.181 e. The summed E-state index contributed by atoms with van der Waals surface area (Å²) >= 11 is 0. The van der Waals surface area contributed by atoms with E-state index < -0.39 is 0 Å². The Balaban J connectivity index is 2.64. The van der Waals surface area contributed by atoms with Crippen LogP contribution in [-0.4, -0.2) is 54.6 Å². The quantitative estimate of drug-likeness (QED) is 0.511. The van der Waals surface area contributed by atoms with Gasteiger partial charge in [0.2, 0.25) is 0 Å². The van der Waals surface area contributed by atoms with Gasteiger partial charge in [0.1, 0.15) is 6.17 Å². The lowest BCUT2D eigenvalue weighted by atomic mass is 10.4. The Bertz CT molecular complexity index is 129. The predicted molar refractivity (Wildman–Crippen MR) is 40.2 cm³/mol. The molecule has 3 nitrogen and oxygen atoms in total. The van der Waals surface area contributed by atoms with E-state index in [0.717, 1.165) is 17.6 Å². The third kappa shape index (κ3) is 1.05. The third-order valence-electron chi connectivity index (χ3n) is 2.83. The molecule has 1 saturated heterocycles. The van der Waals surface area contributed by atoms with Crippen LogP contribution in [0.4, 0.5) is 0 Å². The van der Waals surface area contributed by atoms with Gasteiger partial charge in [0, 0.05) is 6.92 Å². The van der Waals surface area contributed by atoms with E-state index in [2.05, 4.69) is 25.9 Å². The largest absolute Gasteiger partial charge is 0.347 e. The molecule has 10 heavy (non-hydrogen) atoms. The summed E-state index contributed by atoms with van der Waals surface area (Å²) in [5.74, 6) is 0. The molecule has 0 radical (unpaired) electrons. The Hall–Kier alpha value is -0.120. The van der Waals surface area contributed by atoms with Gasteiger partial charge in [0.25, 0.3) is 0 Å². The normalized spacial score (nSPS) is 42.6. The highest BCUT2D eigenvalue weighted by Crippen LogP contribution is 2.18. The zero-order valence-electron chi connectivity index (χ0n) is 7.04. The molecule has 0 aromatic carbocycles. The van der Waals surface area contributed by atoms with Crippen molar-refractivity contribution in [1.29, 1.82) is 0 Å². The Morgan fingerprint density at radius 2 is 2.30 bits per heavy atom. The Morgan fingerprint density at radius 3 is 2.50 bits per heavy atom. The molecule has 2 unspecified atom stereocenters. The van der Waals surface area contributed by atoms with E-state index in [4.69, 9.17) is 5.11 Å². The minimum absolute atomic E-state index is 0.255. The van der Waals surface area contributed by atoms with E-state index in [1.807, 2.05) is 0 Å². The first-order valence-electron chi connectivity index (χ1n) is 3.75. The maximum absolute atomic E-state index is 9.06. The first kappa shape index (κ1) is 7.98. The molecule has 0 bridgehead atoms. The molecular formula is C7H17N2O+. The van der Waals surface area contributed by atoms with Crippen molar-refractivity contribution in [3.63, 3.8) is 0 Å². The number of hydrogen-bond donors (Lipinski definition) is 1. The molecule has 0 spiro atoms. The van der Waals surface area contributed by atoms with Gasteiger partial charge >= 0.3 is 0 Å². The second kappa shape index (κ2) is 2.49. The highest BCUT2D eigenvalue weighted by atomic mass is 16.3. The Kier molecular flexibility index (Phi) is 1.99. The fraction of sp³-hybridized carbons (Fsp3) is 1.00. The van der Waals surface area contributed by atoms with Gasteiger partial charge in [-0.25, -0.2) is 0 Å². The molecule has 1 aliphatic heterocycles. The fourth-order valence-electron chi connectivity index (χ4n) is 1.42. The Labute approximate surface area is 62.4 Å². The van der Waals surface area contributed by atoms with Gasteiger partial charge in [-0.1, -0.05) is 0 Å². The van der Waals surface area contributed by atoms with Crippen molar-refractivity contribution < 1.29 is 9.59 Å². The van der Waals surface area contributed by atoms with E-state index in [1.54, 1.807) is 0 Å². The van der Waals surface area contributed by atoms with Crippen LogP contribution in [0.15, 0.2) is 0 Å². The van der Waals surface area contributed by atoms with Gasteiger partial charge in [-0.05, 0) is 7.05 Å². The predicted octanol–water partition coefficient (Wildman–Crippen LogP) is -0.326. The summed E-state index contributed by atoms with van der Waals surface area (Å²) in [7, 11) is 4.19. The molecule has 3 heteroatoms. The number of hydrogen-bond acceptors (Lipinski definition) is 2. The zero-order chi connectivity index (χ0) is 7.78. The van der Waals surface area contributed by atoms with Crippen LogP contribution in [0.5, 0.6) is 0 Å². The van der Waals surface area contributed by atoms with Crippen LogP contribution in [-0.2, 0) is 0 Å². The van der Waals surface area contributed by atoms with Crippen LogP contribution >= 0.6 is 0 Å². The first-order chi connectivity index (χ1) is 4.60. The van der Waals surface area contributed by atoms with E-state index in [1.165, 1.54) is 0 Å². The molecule has 1 N–H and O–H groups in total. The number of aliphatic hydroxyl groups excluding tert-OH is 1. The van der Waals surface area contributed by atoms with Crippen LogP contribution in [0.2, 0.25) is 0 Å². The van der Waals surface area contributed by atoms with Gasteiger partial charge in [-0.15, -0.1) is 0 Å². The molecule has 60 valence electrons. The summed E-state index contributed by atoms with van der Waals surface area (Å²) in [5, 5.41) is 9.06. The average molecular weight is 145 g/mol. The first-order valence-corrected chi connectivity index (χ1v) is 3.75. The highest BCUT2D eigenvalue weighted by Gasteiger charge is 2.37. The van der Waals surface area contributed by atoms with Crippen molar-refractivity contribution in [2.24, 2.45) is 0 Å². The van der Waals surface area contributed by atoms with Crippen LogP contribution < -0.4 is 0 Å². The summed E-state index contributed by atoms with van der Waals surface area (Å²) in [6.07, 6.45) is 0.463. The van der Waals surface area contributed by atoms with Gasteiger partial charge in [0.15, 0.2) is 6.73 Å². The maximum atomic E-state index is 9.06. The lowest BCUT2D eigenvalue weighted by Crippen LogP contribution is -2.50. The lowest BCUT2D eigenvalue weighted by Gasteiger charge is -2.32. The van der Waals surface area contributed by atoms with E-state index in [-0.39, 0.29) is 6.73 Å². The molecule has 0 aromatic rings. The molecular weight excluding hydrogens is 128 g/mol. The SMILES string of the molecule is CC1N(C)CC[N+]1(C)CO. The van der Waals surface area contributed by atoms with Crippen molar-refractivity contribution in [2.45, 2.75) is 13.1 Å². The molecule has 0 amide bonds. The summed E-state index contributed by atoms with van der Waals surface area (Å²) in [6.45, 7) is 4.57. The molecule has 2 atom stereocenters. The van der Waals surface area contributed by atoms with Crippen molar-refractivity contribution >= 4 is 0 Å². The second-order valence-corrected chi connectivity index (χ2v) is 3.46. The zero-order valence-corrected chi connectivity index (χ0v) is 7.04. The number of nitrogens with zero attached hydrogens (tertiary/aromatic N) is 2. The van der Waals surface area contributed by atoms with Gasteiger partial charge in [0.05, 0.1) is 20.1 Å². The molecule has 1 heterocycles. The molecule has 0 aromatic heterocycles. The lowest BCUT2D eigenvalue weighted by molar-refractivity contribution is -0.941. The second-order valence-electron chi connectivity index (χ2n) is 3.46. The summed E-state index contributed by atoms with van der Waals surface area (Å²) in [4.78, 5) is 2.27. The summed E-state index contributed by atoms with van der Waals surface area (Å²) in [5.41, 5.74) is 0. The van der Waals surface area contributed by atoms with E-state index in [9.17, 15) is 0 Å². The fourth-order valence-corrected chi connectivity index (χ4v) is 1.42. The summed E-state index contributed by atoms with van der Waals surface area (Å²) in [6, 6.07) is 0. The number of rotatable bonds is 1. The van der Waals surface area contributed by atoms with Gasteiger partial charge < -0.3 is 5.11 Å². The van der Waals surface area contributed by atoms with Crippen molar-refractivity contribution in [2.75, 3.05) is 33.9 Å². The van der Waals surface area contributed by atoms with Crippen molar-refractivity contribution in [3.05, 3.63) is 0 Å². The van der Waals surface area contributed by atoms with Crippen LogP contribution in [0.3, 0.4) is 0 Å². The monoisotopic (exact) mass is 145 g/mol.